The van der Waals surface area contributed by atoms with E-state index in [1.165, 1.54) is 12.4 Å². The van der Waals surface area contributed by atoms with Crippen molar-refractivity contribution in [3.8, 4) is 5.75 Å². The van der Waals surface area contributed by atoms with Crippen molar-refractivity contribution in [2.24, 2.45) is 0 Å². The van der Waals surface area contributed by atoms with Crippen molar-refractivity contribution in [1.82, 2.24) is 9.97 Å². The second-order valence-corrected chi connectivity index (χ2v) is 3.67. The van der Waals surface area contributed by atoms with E-state index < -0.39 is 0 Å². The number of benzene rings is 1. The number of nitrogens with zero attached hydrogens (tertiary/aromatic N) is 2. The molecule has 0 aliphatic rings. The number of rotatable bonds is 3. The summed E-state index contributed by atoms with van der Waals surface area (Å²) in [5.41, 5.74) is 1.03. The SMILES string of the molecule is COc1ccccc1NC(=O)c1cnc(C)nc1. The molecule has 0 unspecified atom stereocenters. The van der Waals surface area contributed by atoms with Crippen molar-refractivity contribution in [1.29, 1.82) is 0 Å². The van der Waals surface area contributed by atoms with E-state index in [4.69, 9.17) is 4.74 Å². The largest absolute Gasteiger partial charge is 0.495 e. The Balaban J connectivity index is 2.18. The van der Waals surface area contributed by atoms with Gasteiger partial charge in [0.1, 0.15) is 11.6 Å². The smallest absolute Gasteiger partial charge is 0.258 e. The van der Waals surface area contributed by atoms with Gasteiger partial charge in [-0.1, -0.05) is 12.1 Å². The van der Waals surface area contributed by atoms with Crippen molar-refractivity contribution < 1.29 is 9.53 Å². The van der Waals surface area contributed by atoms with Gasteiger partial charge in [-0.3, -0.25) is 4.79 Å². The number of methoxy groups -OCH3 is 1. The highest BCUT2D eigenvalue weighted by Gasteiger charge is 2.09. The lowest BCUT2D eigenvalue weighted by Gasteiger charge is -2.09. The van der Waals surface area contributed by atoms with E-state index in [0.29, 0.717) is 22.8 Å². The van der Waals surface area contributed by atoms with Crippen LogP contribution in [0.3, 0.4) is 0 Å². The Bertz CT molecular complexity index is 552. The van der Waals surface area contributed by atoms with Gasteiger partial charge in [0.15, 0.2) is 0 Å². The Hall–Kier alpha value is -2.43. The van der Waals surface area contributed by atoms with Crippen LogP contribution in [0.2, 0.25) is 0 Å². The molecule has 5 heteroatoms. The molecule has 0 atom stereocenters. The standard InChI is InChI=1S/C13H13N3O2/c1-9-14-7-10(8-15-9)13(17)16-11-5-3-4-6-12(11)18-2/h3-8H,1-2H3,(H,16,17). The Morgan fingerprint density at radius 2 is 1.89 bits per heavy atom. The summed E-state index contributed by atoms with van der Waals surface area (Å²) in [4.78, 5) is 19.9. The van der Waals surface area contributed by atoms with Gasteiger partial charge in [0, 0.05) is 12.4 Å². The number of amides is 1. The van der Waals surface area contributed by atoms with Gasteiger partial charge in [-0.15, -0.1) is 0 Å². The zero-order valence-corrected chi connectivity index (χ0v) is 10.2. The van der Waals surface area contributed by atoms with Gasteiger partial charge < -0.3 is 10.1 Å². The van der Waals surface area contributed by atoms with E-state index in [1.54, 1.807) is 26.2 Å². The molecule has 1 amide bonds. The fourth-order valence-electron chi connectivity index (χ4n) is 1.45. The number of aryl methyl sites for hydroxylation is 1. The van der Waals surface area contributed by atoms with Crippen LogP contribution in [-0.4, -0.2) is 23.0 Å². The van der Waals surface area contributed by atoms with Crippen molar-refractivity contribution in [3.63, 3.8) is 0 Å². The molecule has 0 bridgehead atoms. The third-order valence-corrected chi connectivity index (χ3v) is 2.40. The van der Waals surface area contributed by atoms with Crippen molar-refractivity contribution in [2.45, 2.75) is 6.92 Å². The monoisotopic (exact) mass is 243 g/mol. The first-order chi connectivity index (χ1) is 8.70. The third kappa shape index (κ3) is 2.63. The topological polar surface area (TPSA) is 64.1 Å². The Labute approximate surface area is 105 Å². The number of nitrogens with one attached hydrogen (secondary N) is 1. The maximum Gasteiger partial charge on any atom is 0.258 e. The number of hydrogen-bond donors (Lipinski definition) is 1. The summed E-state index contributed by atoms with van der Waals surface area (Å²) < 4.78 is 5.16. The molecule has 0 saturated heterocycles. The van der Waals surface area contributed by atoms with E-state index in [0.717, 1.165) is 0 Å². The molecule has 1 aromatic heterocycles. The average molecular weight is 243 g/mol. The van der Waals surface area contributed by atoms with Gasteiger partial charge in [-0.25, -0.2) is 9.97 Å². The van der Waals surface area contributed by atoms with Crippen LogP contribution < -0.4 is 10.1 Å². The molecule has 0 saturated carbocycles. The summed E-state index contributed by atoms with van der Waals surface area (Å²) in [5, 5.41) is 2.75. The summed E-state index contributed by atoms with van der Waals surface area (Å²) in [5.74, 6) is 0.974. The van der Waals surface area contributed by atoms with Crippen molar-refractivity contribution >= 4 is 11.6 Å². The second-order valence-electron chi connectivity index (χ2n) is 3.67. The molecule has 5 nitrogen and oxygen atoms in total. The first kappa shape index (κ1) is 12.0. The van der Waals surface area contributed by atoms with Crippen LogP contribution in [0.1, 0.15) is 16.2 Å². The lowest BCUT2D eigenvalue weighted by molar-refractivity contribution is 0.102. The van der Waals surface area contributed by atoms with E-state index >= 15 is 0 Å². The Kier molecular flexibility index (Phi) is 3.52. The number of aromatic nitrogens is 2. The number of para-hydroxylation sites is 2. The minimum absolute atomic E-state index is 0.264. The molecule has 0 radical (unpaired) electrons. The van der Waals surface area contributed by atoms with Gasteiger partial charge in [0.25, 0.3) is 5.91 Å². The lowest BCUT2D eigenvalue weighted by atomic mass is 10.2. The highest BCUT2D eigenvalue weighted by atomic mass is 16.5. The number of carbonyl (C=O) groups excluding carboxylic acids is 1. The maximum atomic E-state index is 11.9. The predicted molar refractivity (Wildman–Crippen MR) is 67.7 cm³/mol. The van der Waals surface area contributed by atoms with Gasteiger partial charge in [-0.2, -0.15) is 0 Å². The van der Waals surface area contributed by atoms with Crippen molar-refractivity contribution in [3.05, 3.63) is 48.0 Å². The molecule has 1 heterocycles. The molecule has 2 aromatic rings. The Morgan fingerprint density at radius 1 is 1.22 bits per heavy atom. The molecule has 2 rings (SSSR count). The van der Waals surface area contributed by atoms with Gasteiger partial charge in [0.05, 0.1) is 18.4 Å². The molecule has 1 N–H and O–H groups in total. The average Bonchev–Trinajstić information content (AvgIpc) is 2.40. The molecule has 0 aliphatic carbocycles. The molecule has 0 fully saturated rings. The first-order valence-electron chi connectivity index (χ1n) is 5.43. The zero-order valence-electron chi connectivity index (χ0n) is 10.2. The van der Waals surface area contributed by atoms with Crippen LogP contribution in [0, 0.1) is 6.92 Å². The summed E-state index contributed by atoms with van der Waals surface area (Å²) in [7, 11) is 1.56. The highest BCUT2D eigenvalue weighted by Crippen LogP contribution is 2.23. The molecule has 0 spiro atoms. The molecule has 92 valence electrons. The van der Waals surface area contributed by atoms with Crippen molar-refractivity contribution in [2.75, 3.05) is 12.4 Å². The molecule has 0 aliphatic heterocycles. The predicted octanol–water partition coefficient (Wildman–Crippen LogP) is 2.05. The molecular formula is C13H13N3O2. The van der Waals surface area contributed by atoms with Gasteiger partial charge in [-0.05, 0) is 19.1 Å². The first-order valence-corrected chi connectivity index (χ1v) is 5.43. The van der Waals surface area contributed by atoms with Crippen LogP contribution in [0.15, 0.2) is 36.7 Å². The summed E-state index contributed by atoms with van der Waals surface area (Å²) in [6.07, 6.45) is 2.99. The van der Waals surface area contributed by atoms with E-state index in [1.807, 2.05) is 12.1 Å². The lowest BCUT2D eigenvalue weighted by Crippen LogP contribution is -2.13. The van der Waals surface area contributed by atoms with Crippen LogP contribution in [0.4, 0.5) is 5.69 Å². The van der Waals surface area contributed by atoms with Crippen LogP contribution in [0.25, 0.3) is 0 Å². The van der Waals surface area contributed by atoms with E-state index in [-0.39, 0.29) is 5.91 Å². The van der Waals surface area contributed by atoms with Crippen LogP contribution >= 0.6 is 0 Å². The number of ether oxygens (including phenoxy) is 1. The number of anilines is 1. The molecule has 1 aromatic carbocycles. The molecule has 18 heavy (non-hydrogen) atoms. The highest BCUT2D eigenvalue weighted by molar-refractivity contribution is 6.04. The van der Waals surface area contributed by atoms with Gasteiger partial charge >= 0.3 is 0 Å². The zero-order chi connectivity index (χ0) is 13.0. The Morgan fingerprint density at radius 3 is 2.56 bits per heavy atom. The third-order valence-electron chi connectivity index (χ3n) is 2.40. The van der Waals surface area contributed by atoms with Crippen LogP contribution in [-0.2, 0) is 0 Å². The number of carbonyl (C=O) groups is 1. The van der Waals surface area contributed by atoms with Crippen LogP contribution in [0.5, 0.6) is 5.75 Å². The summed E-state index contributed by atoms with van der Waals surface area (Å²) in [6.45, 7) is 1.77. The molecular weight excluding hydrogens is 230 g/mol. The van der Waals surface area contributed by atoms with Gasteiger partial charge in [0.2, 0.25) is 0 Å². The normalized spacial score (nSPS) is 9.89. The minimum Gasteiger partial charge on any atom is -0.495 e. The fourth-order valence-corrected chi connectivity index (χ4v) is 1.45. The second kappa shape index (κ2) is 5.27. The van der Waals surface area contributed by atoms with E-state index in [2.05, 4.69) is 15.3 Å². The summed E-state index contributed by atoms with van der Waals surface area (Å²) in [6, 6.07) is 7.21. The number of hydrogen-bond acceptors (Lipinski definition) is 4. The maximum absolute atomic E-state index is 11.9. The summed E-state index contributed by atoms with van der Waals surface area (Å²) >= 11 is 0. The van der Waals surface area contributed by atoms with E-state index in [9.17, 15) is 4.79 Å². The quantitative estimate of drug-likeness (QED) is 0.896. The minimum atomic E-state index is -0.264. The fraction of sp³-hybridized carbons (Fsp3) is 0.154.